The lowest BCUT2D eigenvalue weighted by atomic mass is 10.1. The maximum absolute atomic E-state index is 5.98. The molecule has 0 radical (unpaired) electrons. The summed E-state index contributed by atoms with van der Waals surface area (Å²) < 4.78 is 0. The summed E-state index contributed by atoms with van der Waals surface area (Å²) in [6.07, 6.45) is 3.40. The van der Waals surface area contributed by atoms with Crippen LogP contribution in [0.3, 0.4) is 0 Å². The van der Waals surface area contributed by atoms with Gasteiger partial charge >= 0.3 is 0 Å². The predicted octanol–water partition coefficient (Wildman–Crippen LogP) is 7.19. The molecule has 0 atom stereocenters. The normalized spacial score (nSPS) is 11.3. The average Bonchev–Trinajstić information content (AvgIpc) is 2.68. The van der Waals surface area contributed by atoms with Crippen molar-refractivity contribution >= 4 is 70.2 Å². The number of nitrogens with zero attached hydrogens (tertiary/aromatic N) is 2. The summed E-state index contributed by atoms with van der Waals surface area (Å²) in [6, 6.07) is 18.2. The van der Waals surface area contributed by atoms with E-state index in [1.165, 1.54) is 0 Å². The summed E-state index contributed by atoms with van der Waals surface area (Å²) in [6.45, 7) is 0. The second kappa shape index (κ2) is 9.80. The molecular formula is C20H14Cl4N4. The lowest BCUT2D eigenvalue weighted by molar-refractivity contribution is 1.34. The first-order chi connectivity index (χ1) is 13.5. The topological polar surface area (TPSA) is 48.8 Å². The first-order valence-electron chi connectivity index (χ1n) is 8.09. The third-order valence-corrected chi connectivity index (χ3v) is 5.04. The zero-order chi connectivity index (χ0) is 19.9. The van der Waals surface area contributed by atoms with Crippen molar-refractivity contribution < 1.29 is 0 Å². The van der Waals surface area contributed by atoms with Crippen LogP contribution in [0, 0.1) is 0 Å². The highest BCUT2D eigenvalue weighted by Crippen LogP contribution is 2.25. The quantitative estimate of drug-likeness (QED) is 0.307. The van der Waals surface area contributed by atoms with Crippen molar-refractivity contribution in [1.82, 2.24) is 0 Å². The number of hydrogen-bond donors (Lipinski definition) is 2. The van der Waals surface area contributed by atoms with Crippen molar-refractivity contribution in [2.24, 2.45) is 10.2 Å². The standard InChI is InChI=1S/C20H14Cl4N4/c21-17-6-4-15(9-19(17)23)27-25-11-13-2-1-3-14(8-13)12-26-28-16-5-7-18(22)20(24)10-16/h1-12,27-28H/b25-11-,26-12-. The molecule has 0 spiro atoms. The van der Waals surface area contributed by atoms with Crippen LogP contribution in [-0.4, -0.2) is 12.4 Å². The van der Waals surface area contributed by atoms with E-state index >= 15 is 0 Å². The molecule has 0 aromatic heterocycles. The summed E-state index contributed by atoms with van der Waals surface area (Å²) in [7, 11) is 0. The fourth-order valence-corrected chi connectivity index (χ4v) is 2.81. The Morgan fingerprint density at radius 1 is 0.571 bits per heavy atom. The van der Waals surface area contributed by atoms with E-state index in [1.54, 1.807) is 48.8 Å². The summed E-state index contributed by atoms with van der Waals surface area (Å²) >= 11 is 23.8. The Morgan fingerprint density at radius 3 is 1.46 bits per heavy atom. The fraction of sp³-hybridized carbons (Fsp3) is 0. The van der Waals surface area contributed by atoms with Gasteiger partial charge in [-0.05, 0) is 53.6 Å². The van der Waals surface area contributed by atoms with Gasteiger partial charge < -0.3 is 0 Å². The van der Waals surface area contributed by atoms with Crippen molar-refractivity contribution in [1.29, 1.82) is 0 Å². The third kappa shape index (κ3) is 5.88. The van der Waals surface area contributed by atoms with Gasteiger partial charge in [0.15, 0.2) is 0 Å². The van der Waals surface area contributed by atoms with Gasteiger partial charge in [0.25, 0.3) is 0 Å². The van der Waals surface area contributed by atoms with E-state index in [-0.39, 0.29) is 0 Å². The van der Waals surface area contributed by atoms with E-state index < -0.39 is 0 Å². The maximum atomic E-state index is 5.98. The van der Waals surface area contributed by atoms with Crippen LogP contribution in [0.2, 0.25) is 20.1 Å². The van der Waals surface area contributed by atoms with Gasteiger partial charge in [-0.3, -0.25) is 10.9 Å². The smallest absolute Gasteiger partial charge is 0.0613 e. The minimum atomic E-state index is 0.467. The molecule has 142 valence electrons. The fourth-order valence-electron chi connectivity index (χ4n) is 2.21. The number of hydrazone groups is 2. The molecule has 0 unspecified atom stereocenters. The molecule has 0 amide bonds. The van der Waals surface area contributed by atoms with E-state index in [0.717, 1.165) is 22.5 Å². The molecule has 0 saturated carbocycles. The van der Waals surface area contributed by atoms with Crippen molar-refractivity contribution in [3.05, 3.63) is 91.9 Å². The number of nitrogens with one attached hydrogen (secondary N) is 2. The second-order valence-corrected chi connectivity index (χ2v) is 7.30. The van der Waals surface area contributed by atoms with Gasteiger partial charge in [-0.15, -0.1) is 0 Å². The SMILES string of the molecule is Clc1ccc(N/N=C\c2cccc(/C=N\Nc3ccc(Cl)c(Cl)c3)c2)cc1Cl. The van der Waals surface area contributed by atoms with Crippen LogP contribution in [0.25, 0.3) is 0 Å². The number of hydrogen-bond acceptors (Lipinski definition) is 4. The summed E-state index contributed by atoms with van der Waals surface area (Å²) in [5, 5.41) is 10.3. The van der Waals surface area contributed by atoms with Crippen LogP contribution < -0.4 is 10.9 Å². The number of anilines is 2. The monoisotopic (exact) mass is 450 g/mol. The summed E-state index contributed by atoms with van der Waals surface area (Å²) in [4.78, 5) is 0. The van der Waals surface area contributed by atoms with Gasteiger partial charge in [-0.1, -0.05) is 64.6 Å². The zero-order valence-electron chi connectivity index (χ0n) is 14.3. The number of rotatable bonds is 6. The van der Waals surface area contributed by atoms with Gasteiger partial charge in [-0.25, -0.2) is 0 Å². The number of benzene rings is 3. The van der Waals surface area contributed by atoms with Gasteiger partial charge in [-0.2, -0.15) is 10.2 Å². The minimum absolute atomic E-state index is 0.467. The Hall–Kier alpha value is -2.24. The lowest BCUT2D eigenvalue weighted by Crippen LogP contribution is -1.93. The largest absolute Gasteiger partial charge is 0.278 e. The molecule has 4 nitrogen and oxygen atoms in total. The van der Waals surface area contributed by atoms with Crippen LogP contribution in [0.5, 0.6) is 0 Å². The first-order valence-corrected chi connectivity index (χ1v) is 9.61. The maximum Gasteiger partial charge on any atom is 0.0613 e. The predicted molar refractivity (Wildman–Crippen MR) is 122 cm³/mol. The molecule has 0 heterocycles. The van der Waals surface area contributed by atoms with Gasteiger partial charge in [0, 0.05) is 0 Å². The van der Waals surface area contributed by atoms with E-state index in [4.69, 9.17) is 46.4 Å². The molecule has 3 aromatic carbocycles. The van der Waals surface area contributed by atoms with E-state index in [2.05, 4.69) is 21.1 Å². The molecule has 0 aliphatic heterocycles. The van der Waals surface area contributed by atoms with Crippen LogP contribution in [-0.2, 0) is 0 Å². The van der Waals surface area contributed by atoms with Gasteiger partial charge in [0.1, 0.15) is 0 Å². The summed E-state index contributed by atoms with van der Waals surface area (Å²) in [5.41, 5.74) is 9.13. The third-order valence-electron chi connectivity index (χ3n) is 3.56. The Morgan fingerprint density at radius 2 is 1.04 bits per heavy atom. The molecule has 28 heavy (non-hydrogen) atoms. The number of halogens is 4. The highest BCUT2D eigenvalue weighted by Gasteiger charge is 1.99. The average molecular weight is 452 g/mol. The molecule has 8 heteroatoms. The van der Waals surface area contributed by atoms with E-state index in [1.807, 2.05) is 24.3 Å². The van der Waals surface area contributed by atoms with Crippen LogP contribution in [0.1, 0.15) is 11.1 Å². The Balaban J connectivity index is 1.61. The van der Waals surface area contributed by atoms with Crippen molar-refractivity contribution in [3.8, 4) is 0 Å². The molecular weight excluding hydrogens is 438 g/mol. The van der Waals surface area contributed by atoms with Crippen molar-refractivity contribution in [2.75, 3.05) is 10.9 Å². The lowest BCUT2D eigenvalue weighted by Gasteiger charge is -2.03. The molecule has 0 aliphatic carbocycles. The molecule has 2 N–H and O–H groups in total. The van der Waals surface area contributed by atoms with Crippen LogP contribution in [0.15, 0.2) is 70.9 Å². The highest BCUT2D eigenvalue weighted by molar-refractivity contribution is 6.42. The molecule has 0 fully saturated rings. The van der Waals surface area contributed by atoms with E-state index in [9.17, 15) is 0 Å². The Bertz CT molecular complexity index is 956. The minimum Gasteiger partial charge on any atom is -0.278 e. The van der Waals surface area contributed by atoms with E-state index in [0.29, 0.717) is 20.1 Å². The van der Waals surface area contributed by atoms with Gasteiger partial charge in [0.05, 0.1) is 43.9 Å². The second-order valence-electron chi connectivity index (χ2n) is 5.67. The molecule has 0 bridgehead atoms. The zero-order valence-corrected chi connectivity index (χ0v) is 17.4. The van der Waals surface area contributed by atoms with Crippen molar-refractivity contribution in [2.45, 2.75) is 0 Å². The van der Waals surface area contributed by atoms with Gasteiger partial charge in [0.2, 0.25) is 0 Å². The van der Waals surface area contributed by atoms with Crippen molar-refractivity contribution in [3.63, 3.8) is 0 Å². The Labute approximate surface area is 182 Å². The highest BCUT2D eigenvalue weighted by atomic mass is 35.5. The molecule has 3 aromatic rings. The molecule has 3 rings (SSSR count). The summed E-state index contributed by atoms with van der Waals surface area (Å²) in [5.74, 6) is 0. The van der Waals surface area contributed by atoms with Crippen LogP contribution in [0.4, 0.5) is 11.4 Å². The molecule has 0 saturated heterocycles. The molecule has 0 aliphatic rings. The van der Waals surface area contributed by atoms with Crippen LogP contribution >= 0.6 is 46.4 Å². The first kappa shape index (κ1) is 20.5. The Kier molecular flexibility index (Phi) is 7.18.